The van der Waals surface area contributed by atoms with Crippen molar-refractivity contribution in [2.45, 2.75) is 57.6 Å². The van der Waals surface area contributed by atoms with Gasteiger partial charge in [-0.3, -0.25) is 9.59 Å². The van der Waals surface area contributed by atoms with E-state index in [0.29, 0.717) is 47.6 Å². The first kappa shape index (κ1) is 19.2. The predicted molar refractivity (Wildman–Crippen MR) is 118 cm³/mol. The Bertz CT molecular complexity index is 939. The molecule has 5 aliphatic rings. The number of hydrogen-bond donors (Lipinski definition) is 0. The van der Waals surface area contributed by atoms with Gasteiger partial charge >= 0.3 is 0 Å². The second-order valence-corrected chi connectivity index (χ2v) is 11.7. The highest BCUT2D eigenvalue weighted by atomic mass is 32.2. The molecule has 8 unspecified atom stereocenters. The number of para-hydroxylation sites is 1. The number of benzene rings is 1. The molecule has 30 heavy (non-hydrogen) atoms. The van der Waals surface area contributed by atoms with Gasteiger partial charge in [0.2, 0.25) is 0 Å². The van der Waals surface area contributed by atoms with Crippen LogP contribution in [0.4, 0.5) is 0 Å². The molecule has 0 aromatic heterocycles. The molecule has 158 valence electrons. The van der Waals surface area contributed by atoms with Gasteiger partial charge in [0.05, 0.1) is 12.0 Å². The van der Waals surface area contributed by atoms with Crippen molar-refractivity contribution in [1.82, 2.24) is 0 Å². The molecule has 0 bridgehead atoms. The third kappa shape index (κ3) is 2.58. The molecule has 4 saturated carbocycles. The van der Waals surface area contributed by atoms with E-state index in [0.717, 1.165) is 31.4 Å². The van der Waals surface area contributed by atoms with Gasteiger partial charge in [-0.1, -0.05) is 37.6 Å². The first-order valence-electron chi connectivity index (χ1n) is 11.6. The molecular formula is C26H30O3S. The Morgan fingerprint density at radius 3 is 2.60 bits per heavy atom. The minimum Gasteiger partial charge on any atom is -0.425 e. The van der Waals surface area contributed by atoms with E-state index in [1.807, 2.05) is 36.4 Å². The van der Waals surface area contributed by atoms with Crippen LogP contribution >= 0.6 is 12.0 Å². The quantitative estimate of drug-likeness (QED) is 0.591. The average molecular weight is 423 g/mol. The van der Waals surface area contributed by atoms with Crippen molar-refractivity contribution in [1.29, 1.82) is 0 Å². The van der Waals surface area contributed by atoms with Gasteiger partial charge in [0.15, 0.2) is 11.6 Å². The van der Waals surface area contributed by atoms with Crippen LogP contribution in [0.1, 0.15) is 52.4 Å². The van der Waals surface area contributed by atoms with Crippen LogP contribution in [0.5, 0.6) is 5.75 Å². The summed E-state index contributed by atoms with van der Waals surface area (Å²) in [6.07, 6.45) is 8.03. The molecule has 0 aliphatic heterocycles. The van der Waals surface area contributed by atoms with Crippen LogP contribution in [0.2, 0.25) is 0 Å². The number of ketones is 2. The topological polar surface area (TPSA) is 43.4 Å². The smallest absolute Gasteiger partial charge is 0.155 e. The van der Waals surface area contributed by atoms with Gasteiger partial charge < -0.3 is 4.18 Å². The fraction of sp³-hybridized carbons (Fsp3) is 0.615. The highest BCUT2D eigenvalue weighted by Gasteiger charge is 2.68. The van der Waals surface area contributed by atoms with E-state index >= 15 is 0 Å². The maximum atomic E-state index is 13.5. The van der Waals surface area contributed by atoms with Gasteiger partial charge in [-0.05, 0) is 85.3 Å². The molecule has 1 aromatic rings. The molecule has 8 atom stereocenters. The van der Waals surface area contributed by atoms with E-state index in [-0.39, 0.29) is 16.1 Å². The fourth-order valence-electron chi connectivity index (χ4n) is 7.85. The molecule has 0 spiro atoms. The second kappa shape index (κ2) is 6.48. The van der Waals surface area contributed by atoms with Crippen LogP contribution in [-0.4, -0.2) is 16.8 Å². The van der Waals surface area contributed by atoms with Crippen LogP contribution in [0.25, 0.3) is 0 Å². The Morgan fingerprint density at radius 1 is 1.00 bits per heavy atom. The molecule has 0 N–H and O–H groups in total. The lowest BCUT2D eigenvalue weighted by atomic mass is 9.47. The van der Waals surface area contributed by atoms with Gasteiger partial charge in [0.25, 0.3) is 0 Å². The molecule has 0 amide bonds. The Labute approximate surface area is 183 Å². The Balaban J connectivity index is 1.28. The second-order valence-electron chi connectivity index (χ2n) is 10.8. The standard InChI is InChI=1S/C26H30O3S/c1-25-10-8-15(27)12-20(25)17-13-18(17)23-19(25)9-11-26(2)21(23)14-22(24(26)28)30-29-16-6-4-3-5-7-16/h3-7,12,17-19,21-23H,8-11,13-14H2,1-2H3. The summed E-state index contributed by atoms with van der Waals surface area (Å²) in [7, 11) is 0. The van der Waals surface area contributed by atoms with Crippen molar-refractivity contribution >= 4 is 23.6 Å². The summed E-state index contributed by atoms with van der Waals surface area (Å²) in [5.74, 6) is 4.59. The van der Waals surface area contributed by atoms with Gasteiger partial charge in [-0.25, -0.2) is 0 Å². The Hall–Kier alpha value is -1.55. The van der Waals surface area contributed by atoms with Gasteiger partial charge in [0, 0.05) is 11.8 Å². The van der Waals surface area contributed by atoms with E-state index in [1.54, 1.807) is 0 Å². The van der Waals surface area contributed by atoms with Crippen molar-refractivity contribution in [3.05, 3.63) is 42.0 Å². The molecule has 0 saturated heterocycles. The van der Waals surface area contributed by atoms with E-state index in [4.69, 9.17) is 4.18 Å². The van der Waals surface area contributed by atoms with E-state index in [2.05, 4.69) is 13.8 Å². The van der Waals surface area contributed by atoms with E-state index in [1.165, 1.54) is 24.0 Å². The maximum absolute atomic E-state index is 13.5. The maximum Gasteiger partial charge on any atom is 0.155 e. The van der Waals surface area contributed by atoms with Crippen molar-refractivity contribution in [2.75, 3.05) is 0 Å². The molecular weight excluding hydrogens is 392 g/mol. The minimum absolute atomic E-state index is 0.0613. The SMILES string of the molecule is CC12CCC3C(C4CC4C4=CC(=O)CCC43C)C1CC(SOc1ccccc1)C2=O. The third-order valence-corrected chi connectivity index (χ3v) is 10.4. The monoisotopic (exact) mass is 422 g/mol. The molecule has 0 radical (unpaired) electrons. The highest BCUT2D eigenvalue weighted by Crippen LogP contribution is 2.73. The Morgan fingerprint density at radius 2 is 1.80 bits per heavy atom. The number of carbonyl (C=O) groups excluding carboxylic acids is 2. The van der Waals surface area contributed by atoms with Crippen LogP contribution in [0, 0.1) is 40.4 Å². The lowest BCUT2D eigenvalue weighted by Crippen LogP contribution is -2.51. The minimum atomic E-state index is -0.200. The highest BCUT2D eigenvalue weighted by molar-refractivity contribution is 7.96. The molecule has 4 fully saturated rings. The normalized spacial score (nSPS) is 46.3. The Kier molecular flexibility index (Phi) is 4.14. The van der Waals surface area contributed by atoms with Crippen LogP contribution < -0.4 is 4.18 Å². The number of Topliss-reactive ketones (excluding diaryl/α,β-unsaturated/α-hetero) is 1. The number of fused-ring (bicyclic) bond motifs is 8. The molecule has 1 aromatic carbocycles. The van der Waals surface area contributed by atoms with E-state index < -0.39 is 0 Å². The molecule has 3 nitrogen and oxygen atoms in total. The van der Waals surface area contributed by atoms with Crippen LogP contribution in [0.15, 0.2) is 42.0 Å². The average Bonchev–Trinajstić information content (AvgIpc) is 3.49. The summed E-state index contributed by atoms with van der Waals surface area (Å²) in [4.78, 5) is 25.7. The molecule has 0 heterocycles. The van der Waals surface area contributed by atoms with Gasteiger partial charge in [0.1, 0.15) is 11.0 Å². The number of allylic oxidation sites excluding steroid dienone is 1. The summed E-state index contributed by atoms with van der Waals surface area (Å²) < 4.78 is 5.95. The first-order chi connectivity index (χ1) is 14.4. The summed E-state index contributed by atoms with van der Waals surface area (Å²) in [6, 6.07) is 9.81. The zero-order chi connectivity index (χ0) is 20.7. The first-order valence-corrected chi connectivity index (χ1v) is 12.4. The number of carbonyl (C=O) groups is 2. The van der Waals surface area contributed by atoms with Crippen molar-refractivity contribution in [3.8, 4) is 5.75 Å². The van der Waals surface area contributed by atoms with Crippen molar-refractivity contribution in [2.24, 2.45) is 40.4 Å². The summed E-state index contributed by atoms with van der Waals surface area (Å²) in [6.45, 7) is 4.68. The van der Waals surface area contributed by atoms with Crippen LogP contribution in [0.3, 0.4) is 0 Å². The predicted octanol–water partition coefficient (Wildman–Crippen LogP) is 5.65. The zero-order valence-electron chi connectivity index (χ0n) is 17.8. The zero-order valence-corrected chi connectivity index (χ0v) is 18.6. The van der Waals surface area contributed by atoms with Crippen LogP contribution in [-0.2, 0) is 9.59 Å². The summed E-state index contributed by atoms with van der Waals surface area (Å²) in [5.41, 5.74) is 1.44. The van der Waals surface area contributed by atoms with E-state index in [9.17, 15) is 9.59 Å². The third-order valence-electron chi connectivity index (χ3n) is 9.47. The van der Waals surface area contributed by atoms with Gasteiger partial charge in [-0.2, -0.15) is 0 Å². The molecule has 5 aliphatic carbocycles. The fourth-order valence-corrected chi connectivity index (χ4v) is 8.83. The lowest BCUT2D eigenvalue weighted by Gasteiger charge is -2.56. The van der Waals surface area contributed by atoms with Gasteiger partial charge in [-0.15, -0.1) is 0 Å². The molecule has 6 rings (SSSR count). The van der Waals surface area contributed by atoms with Crippen molar-refractivity contribution in [3.63, 3.8) is 0 Å². The summed E-state index contributed by atoms with van der Waals surface area (Å²) >= 11 is 1.38. The van der Waals surface area contributed by atoms with Crippen molar-refractivity contribution < 1.29 is 13.8 Å². The largest absolute Gasteiger partial charge is 0.425 e. The molecule has 4 heteroatoms. The summed E-state index contributed by atoms with van der Waals surface area (Å²) in [5, 5.41) is -0.0613. The lowest BCUT2D eigenvalue weighted by molar-refractivity contribution is -0.132. The number of hydrogen-bond acceptors (Lipinski definition) is 4. The number of rotatable bonds is 3.